The molecule has 9 heteroatoms. The van der Waals surface area contributed by atoms with E-state index in [1.807, 2.05) is 0 Å². The summed E-state index contributed by atoms with van der Waals surface area (Å²) < 4.78 is 0. The highest BCUT2D eigenvalue weighted by Gasteiger charge is 2.34. The third kappa shape index (κ3) is 3.03. The molecule has 0 saturated carbocycles. The number of hydrogen-bond acceptors (Lipinski definition) is 5. The molecular formula is C14H18N6O3. The number of carbonyl (C=O) groups excluding carboxylic acids is 3. The topological polar surface area (TPSA) is 97.9 Å². The van der Waals surface area contributed by atoms with Crippen molar-refractivity contribution in [3.8, 4) is 0 Å². The minimum Gasteiger partial charge on any atom is -0.355 e. The Kier molecular flexibility index (Phi) is 4.00. The van der Waals surface area contributed by atoms with Crippen LogP contribution < -0.4 is 15.6 Å². The lowest BCUT2D eigenvalue weighted by Crippen LogP contribution is -2.46. The van der Waals surface area contributed by atoms with Gasteiger partial charge in [0.1, 0.15) is 6.54 Å². The summed E-state index contributed by atoms with van der Waals surface area (Å²) in [4.78, 5) is 42.7. The van der Waals surface area contributed by atoms with Crippen LogP contribution in [0.3, 0.4) is 0 Å². The molecule has 0 spiro atoms. The van der Waals surface area contributed by atoms with E-state index >= 15 is 0 Å². The molecule has 0 unspecified atom stereocenters. The molecule has 5 amide bonds. The summed E-state index contributed by atoms with van der Waals surface area (Å²) in [7, 11) is 1.37. The highest BCUT2D eigenvalue weighted by Crippen LogP contribution is 2.25. The van der Waals surface area contributed by atoms with Gasteiger partial charge < -0.3 is 10.2 Å². The molecule has 3 rings (SSSR count). The van der Waals surface area contributed by atoms with Crippen LogP contribution in [-0.2, 0) is 4.79 Å². The Labute approximate surface area is 133 Å². The summed E-state index contributed by atoms with van der Waals surface area (Å²) in [5, 5.41) is 3.66. The van der Waals surface area contributed by atoms with Crippen LogP contribution in [0.5, 0.6) is 0 Å². The summed E-state index contributed by atoms with van der Waals surface area (Å²) in [6.45, 7) is 1.63. The van der Waals surface area contributed by atoms with E-state index in [4.69, 9.17) is 0 Å². The van der Waals surface area contributed by atoms with E-state index in [9.17, 15) is 14.4 Å². The Morgan fingerprint density at radius 2 is 2.00 bits per heavy atom. The maximum Gasteiger partial charge on any atom is 0.345 e. The number of imide groups is 1. The molecule has 23 heavy (non-hydrogen) atoms. The summed E-state index contributed by atoms with van der Waals surface area (Å²) >= 11 is 0. The minimum atomic E-state index is -0.588. The molecule has 0 atom stereocenters. The summed E-state index contributed by atoms with van der Waals surface area (Å²) in [5.74, 6) is 0.343. The second-order valence-electron chi connectivity index (χ2n) is 5.46. The Hall–Kier alpha value is -2.84. The first-order valence-corrected chi connectivity index (χ1v) is 7.42. The van der Waals surface area contributed by atoms with Crippen LogP contribution in [0.15, 0.2) is 18.3 Å². The van der Waals surface area contributed by atoms with Crippen molar-refractivity contribution in [1.82, 2.24) is 20.3 Å². The number of amides is 5. The molecule has 2 fully saturated rings. The van der Waals surface area contributed by atoms with E-state index in [-0.39, 0.29) is 12.5 Å². The second kappa shape index (κ2) is 6.11. The molecule has 0 bridgehead atoms. The van der Waals surface area contributed by atoms with E-state index in [2.05, 4.69) is 20.6 Å². The number of aromatic nitrogens is 1. The molecule has 0 aromatic carbocycles. The van der Waals surface area contributed by atoms with Gasteiger partial charge in [0.2, 0.25) is 0 Å². The molecular weight excluding hydrogens is 300 g/mol. The molecule has 122 valence electrons. The zero-order valence-corrected chi connectivity index (χ0v) is 12.8. The third-order valence-electron chi connectivity index (χ3n) is 3.86. The maximum atomic E-state index is 12.1. The van der Waals surface area contributed by atoms with Crippen molar-refractivity contribution in [3.05, 3.63) is 18.3 Å². The van der Waals surface area contributed by atoms with E-state index < -0.39 is 12.1 Å². The van der Waals surface area contributed by atoms with E-state index in [1.165, 1.54) is 7.05 Å². The second-order valence-corrected chi connectivity index (χ2v) is 5.46. The highest BCUT2D eigenvalue weighted by atomic mass is 16.2. The van der Waals surface area contributed by atoms with E-state index in [0.717, 1.165) is 35.8 Å². The Morgan fingerprint density at radius 3 is 2.65 bits per heavy atom. The zero-order valence-electron chi connectivity index (χ0n) is 12.8. The standard InChI is InChI=1S/C14H18N6O3/c1-18-11(21)9-20(14(18)23)17-13(22)16-10-5-4-6-15-12(10)19-7-2-3-8-19/h4-6H,2-3,7-9H2,1H3,(H2,16,17,22). The van der Waals surface area contributed by atoms with Crippen molar-refractivity contribution >= 4 is 29.5 Å². The summed E-state index contributed by atoms with van der Waals surface area (Å²) in [6, 6.07) is 2.34. The monoisotopic (exact) mass is 318 g/mol. The van der Waals surface area contributed by atoms with Gasteiger partial charge >= 0.3 is 12.1 Å². The average molecular weight is 318 g/mol. The van der Waals surface area contributed by atoms with Crippen LogP contribution in [-0.4, -0.2) is 59.5 Å². The lowest BCUT2D eigenvalue weighted by Gasteiger charge is -2.21. The molecule has 2 saturated heterocycles. The van der Waals surface area contributed by atoms with Gasteiger partial charge in [-0.1, -0.05) is 0 Å². The number of rotatable bonds is 3. The SMILES string of the molecule is CN1C(=O)CN(NC(=O)Nc2cccnc2N2CCCC2)C1=O. The Morgan fingerprint density at radius 1 is 1.26 bits per heavy atom. The van der Waals surface area contributed by atoms with Crippen LogP contribution in [0.1, 0.15) is 12.8 Å². The number of urea groups is 2. The molecule has 1 aromatic heterocycles. The summed E-state index contributed by atoms with van der Waals surface area (Å²) in [6.07, 6.45) is 3.87. The van der Waals surface area contributed by atoms with Gasteiger partial charge in [-0.05, 0) is 25.0 Å². The van der Waals surface area contributed by atoms with Crippen molar-refractivity contribution in [3.63, 3.8) is 0 Å². The Balaban J connectivity index is 1.67. The number of likely N-dealkylation sites (N-methyl/N-ethyl adjacent to an activating group) is 1. The van der Waals surface area contributed by atoms with Crippen molar-refractivity contribution in [1.29, 1.82) is 0 Å². The number of nitrogens with zero attached hydrogens (tertiary/aromatic N) is 4. The number of nitrogens with one attached hydrogen (secondary N) is 2. The van der Waals surface area contributed by atoms with Gasteiger partial charge in [0.25, 0.3) is 5.91 Å². The lowest BCUT2D eigenvalue weighted by atomic mass is 10.3. The van der Waals surface area contributed by atoms with Crippen LogP contribution >= 0.6 is 0 Å². The van der Waals surface area contributed by atoms with Gasteiger partial charge in [-0.25, -0.2) is 25.0 Å². The Bertz CT molecular complexity index is 643. The van der Waals surface area contributed by atoms with Crippen LogP contribution in [0.25, 0.3) is 0 Å². The lowest BCUT2D eigenvalue weighted by molar-refractivity contribution is -0.124. The molecule has 0 radical (unpaired) electrons. The van der Waals surface area contributed by atoms with Gasteiger partial charge in [0.05, 0.1) is 5.69 Å². The number of carbonyl (C=O) groups is 3. The molecule has 2 N–H and O–H groups in total. The number of hydrogen-bond donors (Lipinski definition) is 2. The fourth-order valence-electron chi connectivity index (χ4n) is 2.63. The number of pyridine rings is 1. The van der Waals surface area contributed by atoms with Gasteiger partial charge in [-0.15, -0.1) is 0 Å². The first-order chi connectivity index (χ1) is 11.1. The highest BCUT2D eigenvalue weighted by molar-refractivity contribution is 6.03. The summed E-state index contributed by atoms with van der Waals surface area (Å²) in [5.41, 5.74) is 2.95. The van der Waals surface area contributed by atoms with Crippen molar-refractivity contribution in [2.75, 3.05) is 36.9 Å². The molecule has 2 aliphatic rings. The van der Waals surface area contributed by atoms with E-state index in [0.29, 0.717) is 11.5 Å². The van der Waals surface area contributed by atoms with Crippen LogP contribution in [0.2, 0.25) is 0 Å². The quantitative estimate of drug-likeness (QED) is 0.796. The molecule has 3 heterocycles. The van der Waals surface area contributed by atoms with Gasteiger partial charge in [0.15, 0.2) is 5.82 Å². The fourth-order valence-corrected chi connectivity index (χ4v) is 2.63. The first-order valence-electron chi connectivity index (χ1n) is 7.42. The van der Waals surface area contributed by atoms with Crippen molar-refractivity contribution < 1.29 is 14.4 Å². The van der Waals surface area contributed by atoms with Gasteiger partial charge in [0, 0.05) is 26.3 Å². The van der Waals surface area contributed by atoms with Crippen molar-refractivity contribution in [2.24, 2.45) is 0 Å². The van der Waals surface area contributed by atoms with E-state index in [1.54, 1.807) is 18.3 Å². The van der Waals surface area contributed by atoms with Crippen molar-refractivity contribution in [2.45, 2.75) is 12.8 Å². The first kappa shape index (κ1) is 15.1. The smallest absolute Gasteiger partial charge is 0.345 e. The number of anilines is 2. The van der Waals surface area contributed by atoms with Crippen LogP contribution in [0.4, 0.5) is 21.1 Å². The predicted octanol–water partition coefficient (Wildman–Crippen LogP) is 0.612. The molecule has 9 nitrogen and oxygen atoms in total. The maximum absolute atomic E-state index is 12.1. The third-order valence-corrected chi connectivity index (χ3v) is 3.86. The number of hydrazine groups is 1. The average Bonchev–Trinajstić information content (AvgIpc) is 3.14. The van der Waals surface area contributed by atoms with Gasteiger partial charge in [-0.3, -0.25) is 9.69 Å². The fraction of sp³-hybridized carbons (Fsp3) is 0.429. The molecule has 2 aliphatic heterocycles. The molecule has 0 aliphatic carbocycles. The largest absolute Gasteiger partial charge is 0.355 e. The van der Waals surface area contributed by atoms with Gasteiger partial charge in [-0.2, -0.15) is 0 Å². The minimum absolute atomic E-state index is 0.172. The van der Waals surface area contributed by atoms with Crippen LogP contribution in [0, 0.1) is 0 Å². The predicted molar refractivity (Wildman–Crippen MR) is 82.7 cm³/mol. The zero-order chi connectivity index (χ0) is 16.4. The molecule has 1 aromatic rings. The normalized spacial score (nSPS) is 17.9.